The third-order valence-electron chi connectivity index (χ3n) is 7.73. The highest BCUT2D eigenvalue weighted by molar-refractivity contribution is 8.00. The number of carboxylic acids is 2. The number of rotatable bonds is 10. The van der Waals surface area contributed by atoms with Crippen molar-refractivity contribution < 1.29 is 19.8 Å². The SMILES string of the molecule is CC(C)(CCC(C)(C)Sc1ccc(N2c3ccc(/C=C(\C#N)C(=O)O)cc3C3CCCC32)cc1)CC(=O)O. The molecule has 2 aliphatic rings. The molecule has 0 radical (unpaired) electrons. The molecule has 2 aromatic carbocycles. The number of fused-ring (bicyclic) bond motifs is 3. The molecule has 38 heavy (non-hydrogen) atoms. The Morgan fingerprint density at radius 3 is 2.42 bits per heavy atom. The molecule has 6 nitrogen and oxygen atoms in total. The van der Waals surface area contributed by atoms with Crippen molar-refractivity contribution in [2.45, 2.75) is 87.8 Å². The molecule has 0 spiro atoms. The van der Waals surface area contributed by atoms with Gasteiger partial charge in [-0.05, 0) is 84.7 Å². The lowest BCUT2D eigenvalue weighted by Gasteiger charge is -2.30. The summed E-state index contributed by atoms with van der Waals surface area (Å²) >= 11 is 1.83. The minimum absolute atomic E-state index is 0.0176. The van der Waals surface area contributed by atoms with Gasteiger partial charge in [-0.2, -0.15) is 5.26 Å². The number of thioether (sulfide) groups is 1. The van der Waals surface area contributed by atoms with E-state index >= 15 is 0 Å². The second-order valence-corrected chi connectivity index (χ2v) is 13.6. The zero-order chi connectivity index (χ0) is 27.7. The predicted octanol–water partition coefficient (Wildman–Crippen LogP) is 7.62. The highest BCUT2D eigenvalue weighted by Crippen LogP contribution is 2.52. The van der Waals surface area contributed by atoms with E-state index in [1.54, 1.807) is 6.07 Å². The first-order chi connectivity index (χ1) is 17.9. The van der Waals surface area contributed by atoms with Crippen LogP contribution in [0.25, 0.3) is 6.08 Å². The summed E-state index contributed by atoms with van der Waals surface area (Å²) < 4.78 is -0.0176. The molecule has 4 rings (SSSR count). The molecular formula is C31H36N2O4S. The average Bonchev–Trinajstić information content (AvgIpc) is 3.42. The van der Waals surface area contributed by atoms with Crippen LogP contribution in [-0.2, 0) is 9.59 Å². The normalized spacial score (nSPS) is 19.1. The summed E-state index contributed by atoms with van der Waals surface area (Å²) in [4.78, 5) is 26.1. The summed E-state index contributed by atoms with van der Waals surface area (Å²) in [7, 11) is 0. The van der Waals surface area contributed by atoms with Crippen LogP contribution in [0, 0.1) is 16.7 Å². The Labute approximate surface area is 229 Å². The Morgan fingerprint density at radius 1 is 1.08 bits per heavy atom. The van der Waals surface area contributed by atoms with Crippen LogP contribution in [0.5, 0.6) is 0 Å². The van der Waals surface area contributed by atoms with Gasteiger partial charge in [-0.15, -0.1) is 11.8 Å². The molecule has 1 aliphatic carbocycles. The average molecular weight is 533 g/mol. The molecule has 0 amide bonds. The fourth-order valence-electron chi connectivity index (χ4n) is 5.79. The van der Waals surface area contributed by atoms with E-state index in [0.29, 0.717) is 12.0 Å². The zero-order valence-electron chi connectivity index (χ0n) is 22.5. The van der Waals surface area contributed by atoms with Gasteiger partial charge in [-0.3, -0.25) is 4.79 Å². The largest absolute Gasteiger partial charge is 0.481 e. The Bertz CT molecular complexity index is 1290. The third-order valence-corrected chi connectivity index (χ3v) is 8.99. The van der Waals surface area contributed by atoms with E-state index in [1.807, 2.05) is 31.7 Å². The van der Waals surface area contributed by atoms with E-state index in [-0.39, 0.29) is 22.2 Å². The van der Waals surface area contributed by atoms with E-state index < -0.39 is 11.9 Å². The highest BCUT2D eigenvalue weighted by Gasteiger charge is 2.42. The zero-order valence-corrected chi connectivity index (χ0v) is 23.3. The number of nitrogens with zero attached hydrogens (tertiary/aromatic N) is 2. The van der Waals surface area contributed by atoms with Crippen molar-refractivity contribution in [1.29, 1.82) is 5.26 Å². The molecule has 0 bridgehead atoms. The van der Waals surface area contributed by atoms with Gasteiger partial charge in [0.1, 0.15) is 11.6 Å². The maximum absolute atomic E-state index is 11.3. The number of carboxylic acid groups (broad SMARTS) is 2. The third kappa shape index (κ3) is 6.24. The van der Waals surface area contributed by atoms with E-state index in [2.05, 4.69) is 55.1 Å². The number of anilines is 2. The Kier molecular flexibility index (Phi) is 7.94. The number of aliphatic carboxylic acids is 2. The number of carbonyl (C=O) groups is 2. The summed E-state index contributed by atoms with van der Waals surface area (Å²) in [6.07, 6.45) is 6.78. The molecular weight excluding hydrogens is 496 g/mol. The van der Waals surface area contributed by atoms with Gasteiger partial charge >= 0.3 is 11.9 Å². The monoisotopic (exact) mass is 532 g/mol. The fraction of sp³-hybridized carbons (Fsp3) is 0.452. The van der Waals surface area contributed by atoms with Crippen molar-refractivity contribution in [1.82, 2.24) is 0 Å². The maximum atomic E-state index is 11.3. The molecule has 7 heteroatoms. The van der Waals surface area contributed by atoms with Gasteiger partial charge in [0.25, 0.3) is 0 Å². The van der Waals surface area contributed by atoms with Crippen molar-refractivity contribution >= 4 is 41.2 Å². The van der Waals surface area contributed by atoms with Crippen molar-refractivity contribution in [3.05, 3.63) is 59.2 Å². The van der Waals surface area contributed by atoms with Crippen molar-refractivity contribution in [2.24, 2.45) is 5.41 Å². The number of benzene rings is 2. The van der Waals surface area contributed by atoms with Crippen LogP contribution < -0.4 is 4.90 Å². The summed E-state index contributed by atoms with van der Waals surface area (Å²) in [5, 5.41) is 27.6. The first-order valence-corrected chi connectivity index (χ1v) is 14.0. The standard InChI is InChI=1S/C31H36N2O4S/c1-30(2,18-28(34)35)14-15-31(3,4)38-23-11-9-22(10-12-23)33-26-7-5-6-24(26)25-17-20(8-13-27(25)33)16-21(19-32)29(36)37/h8-13,16-17,24,26H,5-7,14-15,18H2,1-4H3,(H,34,35)(H,36,37)/b21-16+. The molecule has 1 saturated carbocycles. The van der Waals surface area contributed by atoms with Gasteiger partial charge < -0.3 is 15.1 Å². The molecule has 1 fully saturated rings. The first-order valence-electron chi connectivity index (χ1n) is 13.2. The summed E-state index contributed by atoms with van der Waals surface area (Å²) in [5.41, 5.74) is 3.80. The van der Waals surface area contributed by atoms with Gasteiger partial charge in [0.15, 0.2) is 0 Å². The van der Waals surface area contributed by atoms with Gasteiger partial charge in [-0.1, -0.05) is 40.2 Å². The second kappa shape index (κ2) is 10.9. The minimum atomic E-state index is -1.21. The Morgan fingerprint density at radius 2 is 1.79 bits per heavy atom. The smallest absolute Gasteiger partial charge is 0.346 e. The van der Waals surface area contributed by atoms with Crippen molar-refractivity contribution in [3.8, 4) is 6.07 Å². The predicted molar refractivity (Wildman–Crippen MR) is 152 cm³/mol. The van der Waals surface area contributed by atoms with E-state index in [1.165, 1.54) is 16.5 Å². The van der Waals surface area contributed by atoms with Gasteiger partial charge in [-0.25, -0.2) is 4.79 Å². The molecule has 2 aromatic rings. The lowest BCUT2D eigenvalue weighted by Crippen LogP contribution is -2.26. The van der Waals surface area contributed by atoms with E-state index in [0.717, 1.165) is 49.0 Å². The summed E-state index contributed by atoms with van der Waals surface area (Å²) in [6, 6.07) is 16.9. The second-order valence-electron chi connectivity index (χ2n) is 11.9. The van der Waals surface area contributed by atoms with E-state index in [9.17, 15) is 19.8 Å². The minimum Gasteiger partial charge on any atom is -0.481 e. The van der Waals surface area contributed by atoms with Crippen molar-refractivity contribution in [2.75, 3.05) is 4.90 Å². The van der Waals surface area contributed by atoms with Crippen LogP contribution in [0.15, 0.2) is 52.9 Å². The number of hydrogen-bond acceptors (Lipinski definition) is 5. The molecule has 0 saturated heterocycles. The van der Waals surface area contributed by atoms with Crippen LogP contribution in [0.3, 0.4) is 0 Å². The topological polar surface area (TPSA) is 102 Å². The number of hydrogen-bond donors (Lipinski definition) is 2. The maximum Gasteiger partial charge on any atom is 0.346 e. The highest BCUT2D eigenvalue weighted by atomic mass is 32.2. The molecule has 0 aromatic heterocycles. The van der Waals surface area contributed by atoms with Crippen LogP contribution in [0.1, 0.15) is 83.3 Å². The van der Waals surface area contributed by atoms with Crippen LogP contribution in [0.2, 0.25) is 0 Å². The summed E-state index contributed by atoms with van der Waals surface area (Å²) in [5.74, 6) is -1.56. The Balaban J connectivity index is 1.52. The van der Waals surface area contributed by atoms with Gasteiger partial charge in [0, 0.05) is 33.0 Å². The number of nitriles is 1. The Hall–Kier alpha value is -3.24. The lowest BCUT2D eigenvalue weighted by atomic mass is 9.82. The fourth-order valence-corrected chi connectivity index (χ4v) is 6.91. The quantitative estimate of drug-likeness (QED) is 0.184. The van der Waals surface area contributed by atoms with Crippen LogP contribution >= 0.6 is 11.8 Å². The molecule has 2 unspecified atom stereocenters. The van der Waals surface area contributed by atoms with Crippen LogP contribution in [0.4, 0.5) is 11.4 Å². The van der Waals surface area contributed by atoms with Crippen molar-refractivity contribution in [3.63, 3.8) is 0 Å². The van der Waals surface area contributed by atoms with E-state index in [4.69, 9.17) is 5.26 Å². The summed E-state index contributed by atoms with van der Waals surface area (Å²) in [6.45, 7) is 8.48. The molecule has 2 atom stereocenters. The molecule has 200 valence electrons. The molecule has 2 N–H and O–H groups in total. The van der Waals surface area contributed by atoms with Crippen LogP contribution in [-0.4, -0.2) is 32.9 Å². The molecule has 1 aliphatic heterocycles. The lowest BCUT2D eigenvalue weighted by molar-refractivity contribution is -0.139. The molecule has 1 heterocycles. The van der Waals surface area contributed by atoms with Gasteiger partial charge in [0.05, 0.1) is 6.42 Å². The first kappa shape index (κ1) is 27.8. The van der Waals surface area contributed by atoms with Gasteiger partial charge in [0.2, 0.25) is 0 Å².